The van der Waals surface area contributed by atoms with Crippen LogP contribution in [-0.2, 0) is 16.1 Å². The number of hydrogen-bond acceptors (Lipinski definition) is 3. The van der Waals surface area contributed by atoms with E-state index in [0.29, 0.717) is 6.61 Å². The molecular formula is C18H15NO2Si. The Labute approximate surface area is 129 Å². The molecule has 3 aromatic rings. The minimum atomic E-state index is -2.12. The number of fused-ring (bicyclic) bond motifs is 7. The Balaban J connectivity index is 1.65. The lowest BCUT2D eigenvalue weighted by molar-refractivity contribution is 0.270. The molecule has 0 atom stereocenters. The van der Waals surface area contributed by atoms with Crippen LogP contribution in [0.25, 0.3) is 0 Å². The summed E-state index contributed by atoms with van der Waals surface area (Å²) in [6, 6.07) is 17.5. The van der Waals surface area contributed by atoms with E-state index in [9.17, 15) is 0 Å². The third-order valence-corrected chi connectivity index (χ3v) is 10.2. The van der Waals surface area contributed by atoms with Crippen LogP contribution in [0.3, 0.4) is 0 Å². The summed E-state index contributed by atoms with van der Waals surface area (Å²) >= 11 is 0. The number of hydrogen-bond donors (Lipinski definition) is 0. The summed E-state index contributed by atoms with van der Waals surface area (Å²) in [6.07, 6.45) is 3.12. The fourth-order valence-corrected chi connectivity index (χ4v) is 9.56. The van der Waals surface area contributed by atoms with Gasteiger partial charge in [-0.3, -0.25) is 0 Å². The topological polar surface area (TPSA) is 35.3 Å². The molecule has 2 aliphatic rings. The van der Waals surface area contributed by atoms with E-state index < -0.39 is 8.32 Å². The van der Waals surface area contributed by atoms with E-state index in [-0.39, 0.29) is 5.04 Å². The predicted octanol–water partition coefficient (Wildman–Crippen LogP) is 2.12. The van der Waals surface area contributed by atoms with Crippen molar-refractivity contribution in [1.29, 1.82) is 0 Å². The van der Waals surface area contributed by atoms with Crippen LogP contribution in [0, 0.1) is 0 Å². The standard InChI is InChI=1S/C18H15NO2Si/c1-18-14-6-2-4-8-16(14)22(18,17-9-5-3-7-15(17)18)21-11-13-10-20-12-19-13/h2-10,12H,11H2,1H3. The van der Waals surface area contributed by atoms with Gasteiger partial charge in [-0.25, -0.2) is 4.98 Å². The highest BCUT2D eigenvalue weighted by Gasteiger charge is 2.74. The summed E-state index contributed by atoms with van der Waals surface area (Å²) in [7, 11) is -2.12. The Kier molecular flexibility index (Phi) is 2.23. The van der Waals surface area contributed by atoms with E-state index in [2.05, 4.69) is 60.4 Å². The number of aromatic nitrogens is 1. The van der Waals surface area contributed by atoms with Crippen molar-refractivity contribution in [2.75, 3.05) is 0 Å². The highest BCUT2D eigenvalue weighted by atomic mass is 28.4. The average molecular weight is 305 g/mol. The molecule has 0 unspecified atom stereocenters. The van der Waals surface area contributed by atoms with Gasteiger partial charge in [0.1, 0.15) is 12.0 Å². The Morgan fingerprint density at radius 1 is 1.05 bits per heavy atom. The third kappa shape index (κ3) is 1.16. The van der Waals surface area contributed by atoms with Gasteiger partial charge in [0, 0.05) is 5.04 Å². The molecule has 0 spiro atoms. The highest BCUT2D eigenvalue weighted by molar-refractivity contribution is 7.07. The van der Waals surface area contributed by atoms with Crippen molar-refractivity contribution in [2.45, 2.75) is 18.6 Å². The average Bonchev–Trinajstić information content (AvgIpc) is 3.08. The van der Waals surface area contributed by atoms with Gasteiger partial charge in [0.2, 0.25) is 0 Å². The lowest BCUT2D eigenvalue weighted by atomic mass is 9.88. The summed E-state index contributed by atoms with van der Waals surface area (Å²) < 4.78 is 11.6. The Bertz CT molecular complexity index is 825. The molecule has 1 aromatic heterocycles. The maximum atomic E-state index is 6.58. The number of nitrogens with zero attached hydrogens (tertiary/aromatic N) is 1. The summed E-state index contributed by atoms with van der Waals surface area (Å²) in [5, 5.41) is 2.91. The molecule has 0 bridgehead atoms. The molecule has 2 aromatic carbocycles. The van der Waals surface area contributed by atoms with Crippen LogP contribution in [0.4, 0.5) is 0 Å². The highest BCUT2D eigenvalue weighted by Crippen LogP contribution is 2.54. The molecule has 4 heteroatoms. The zero-order valence-electron chi connectivity index (χ0n) is 12.2. The number of oxazole rings is 1. The molecule has 0 N–H and O–H groups in total. The molecular weight excluding hydrogens is 290 g/mol. The molecule has 0 aliphatic carbocycles. The van der Waals surface area contributed by atoms with E-state index in [4.69, 9.17) is 8.84 Å². The van der Waals surface area contributed by atoms with E-state index >= 15 is 0 Å². The molecule has 0 saturated carbocycles. The van der Waals surface area contributed by atoms with E-state index in [1.807, 2.05) is 0 Å². The summed E-state index contributed by atoms with van der Waals surface area (Å²) in [5.41, 5.74) is 3.72. The van der Waals surface area contributed by atoms with Crippen molar-refractivity contribution in [2.24, 2.45) is 0 Å². The number of benzene rings is 2. The molecule has 108 valence electrons. The van der Waals surface area contributed by atoms with Crippen molar-refractivity contribution >= 4 is 18.7 Å². The van der Waals surface area contributed by atoms with E-state index in [1.165, 1.54) is 27.9 Å². The smallest absolute Gasteiger partial charge is 0.271 e. The molecule has 3 heterocycles. The zero-order chi connectivity index (χ0) is 14.8. The van der Waals surface area contributed by atoms with Crippen LogP contribution in [0.1, 0.15) is 23.7 Å². The molecule has 0 amide bonds. The maximum absolute atomic E-state index is 6.58. The third-order valence-electron chi connectivity index (χ3n) is 5.31. The van der Waals surface area contributed by atoms with Crippen LogP contribution in [0.2, 0.25) is 0 Å². The molecule has 0 saturated heterocycles. The first kappa shape index (κ1) is 12.4. The zero-order valence-corrected chi connectivity index (χ0v) is 13.2. The molecule has 2 aliphatic heterocycles. The Morgan fingerprint density at radius 2 is 1.68 bits per heavy atom. The quantitative estimate of drug-likeness (QED) is 0.695. The second-order valence-electron chi connectivity index (χ2n) is 6.17. The second kappa shape index (κ2) is 3.97. The van der Waals surface area contributed by atoms with Crippen molar-refractivity contribution in [1.82, 2.24) is 4.98 Å². The van der Waals surface area contributed by atoms with Gasteiger partial charge in [-0.05, 0) is 21.5 Å². The second-order valence-corrected chi connectivity index (χ2v) is 9.89. The fraction of sp³-hybridized carbons (Fsp3) is 0.167. The summed E-state index contributed by atoms with van der Waals surface area (Å²) in [4.78, 5) is 4.19. The van der Waals surface area contributed by atoms with Gasteiger partial charge >= 0.3 is 0 Å². The van der Waals surface area contributed by atoms with Crippen LogP contribution in [0.15, 0.2) is 65.6 Å². The minimum Gasteiger partial charge on any atom is -0.451 e. The van der Waals surface area contributed by atoms with Crippen molar-refractivity contribution in [3.63, 3.8) is 0 Å². The lowest BCUT2D eigenvalue weighted by Crippen LogP contribution is -2.90. The van der Waals surface area contributed by atoms with Crippen LogP contribution in [-0.4, -0.2) is 13.3 Å². The SMILES string of the molecule is CC12c3ccccc3[Si]1(OCc1cocn1)c1ccccc12. The lowest BCUT2D eigenvalue weighted by Gasteiger charge is -2.64. The first-order valence-electron chi connectivity index (χ1n) is 7.49. The molecule has 22 heavy (non-hydrogen) atoms. The fourth-order valence-electron chi connectivity index (χ4n) is 4.33. The van der Waals surface area contributed by atoms with Crippen LogP contribution < -0.4 is 10.4 Å². The first-order chi connectivity index (χ1) is 10.8. The maximum Gasteiger partial charge on any atom is 0.271 e. The normalized spacial score (nSPS) is 27.1. The van der Waals surface area contributed by atoms with Gasteiger partial charge in [0.15, 0.2) is 6.39 Å². The molecule has 0 fully saturated rings. The molecule has 3 nitrogen and oxygen atoms in total. The van der Waals surface area contributed by atoms with Gasteiger partial charge in [0.25, 0.3) is 8.32 Å². The largest absolute Gasteiger partial charge is 0.451 e. The van der Waals surface area contributed by atoms with Crippen molar-refractivity contribution in [3.05, 3.63) is 78.0 Å². The predicted molar refractivity (Wildman–Crippen MR) is 85.7 cm³/mol. The molecule has 5 rings (SSSR count). The van der Waals surface area contributed by atoms with E-state index in [1.54, 1.807) is 6.26 Å². The number of rotatable bonds is 3. The van der Waals surface area contributed by atoms with Crippen LogP contribution in [0.5, 0.6) is 0 Å². The summed E-state index contributed by atoms with van der Waals surface area (Å²) in [5.74, 6) is 0. The van der Waals surface area contributed by atoms with Gasteiger partial charge < -0.3 is 8.84 Å². The summed E-state index contributed by atoms with van der Waals surface area (Å²) in [6.45, 7) is 2.85. The Hall–Kier alpha value is -2.17. The molecule has 0 radical (unpaired) electrons. The van der Waals surface area contributed by atoms with E-state index in [0.717, 1.165) is 5.69 Å². The van der Waals surface area contributed by atoms with Crippen molar-refractivity contribution < 1.29 is 8.84 Å². The Morgan fingerprint density at radius 3 is 2.27 bits per heavy atom. The first-order valence-corrected chi connectivity index (χ1v) is 9.40. The van der Waals surface area contributed by atoms with Gasteiger partial charge in [-0.1, -0.05) is 55.5 Å². The van der Waals surface area contributed by atoms with Gasteiger partial charge in [-0.15, -0.1) is 0 Å². The van der Waals surface area contributed by atoms with Gasteiger partial charge in [-0.2, -0.15) is 0 Å². The minimum absolute atomic E-state index is 0.0733. The van der Waals surface area contributed by atoms with Gasteiger partial charge in [0.05, 0.1) is 6.61 Å². The monoisotopic (exact) mass is 305 g/mol. The van der Waals surface area contributed by atoms with Crippen LogP contribution >= 0.6 is 0 Å². The van der Waals surface area contributed by atoms with Crippen molar-refractivity contribution in [3.8, 4) is 0 Å².